The minimum atomic E-state index is -0.133. The van der Waals surface area contributed by atoms with Gasteiger partial charge in [0.1, 0.15) is 5.69 Å². The molecule has 1 amide bonds. The monoisotopic (exact) mass is 326 g/mol. The van der Waals surface area contributed by atoms with Gasteiger partial charge in [-0.05, 0) is 34.9 Å². The average Bonchev–Trinajstić information content (AvgIpc) is 2.67. The highest BCUT2D eigenvalue weighted by molar-refractivity contribution is 5.95. The third-order valence-electron chi connectivity index (χ3n) is 4.39. The molecule has 0 aliphatic rings. The van der Waals surface area contributed by atoms with Crippen molar-refractivity contribution >= 4 is 27.6 Å². The first-order valence-corrected chi connectivity index (χ1v) is 8.42. The molecule has 3 heteroatoms. The van der Waals surface area contributed by atoms with Gasteiger partial charge in [-0.25, -0.2) is 4.98 Å². The van der Waals surface area contributed by atoms with Gasteiger partial charge >= 0.3 is 0 Å². The molecule has 4 rings (SSSR count). The van der Waals surface area contributed by atoms with E-state index in [0.717, 1.165) is 17.3 Å². The van der Waals surface area contributed by atoms with Crippen molar-refractivity contribution in [3.63, 3.8) is 0 Å². The van der Waals surface area contributed by atoms with Gasteiger partial charge in [-0.3, -0.25) is 4.79 Å². The lowest BCUT2D eigenvalue weighted by atomic mass is 10.0. The zero-order valence-electron chi connectivity index (χ0n) is 13.8. The van der Waals surface area contributed by atoms with Gasteiger partial charge in [0.25, 0.3) is 5.91 Å². The van der Waals surface area contributed by atoms with Crippen molar-refractivity contribution in [3.8, 4) is 0 Å². The maximum Gasteiger partial charge on any atom is 0.269 e. The summed E-state index contributed by atoms with van der Waals surface area (Å²) < 4.78 is 0. The number of hydrogen-bond donors (Lipinski definition) is 1. The van der Waals surface area contributed by atoms with Crippen LogP contribution in [-0.4, -0.2) is 17.4 Å². The van der Waals surface area contributed by atoms with E-state index < -0.39 is 0 Å². The molecule has 3 aromatic carbocycles. The van der Waals surface area contributed by atoms with Crippen LogP contribution in [0.15, 0.2) is 78.9 Å². The first kappa shape index (κ1) is 15.3. The van der Waals surface area contributed by atoms with Gasteiger partial charge in [0.05, 0.1) is 5.52 Å². The number of benzene rings is 3. The Morgan fingerprint density at radius 1 is 0.800 bits per heavy atom. The molecule has 3 nitrogen and oxygen atoms in total. The normalized spacial score (nSPS) is 10.9. The predicted octanol–water partition coefficient (Wildman–Crippen LogP) is 4.36. The molecular weight excluding hydrogens is 308 g/mol. The molecular formula is C22H18N2O. The lowest BCUT2D eigenvalue weighted by molar-refractivity contribution is 0.0949. The summed E-state index contributed by atoms with van der Waals surface area (Å²) in [5.74, 6) is -0.133. The van der Waals surface area contributed by atoms with Gasteiger partial charge in [0, 0.05) is 11.9 Å². The molecule has 25 heavy (non-hydrogen) atoms. The molecule has 0 aliphatic carbocycles. The van der Waals surface area contributed by atoms with Gasteiger partial charge in [0.2, 0.25) is 0 Å². The summed E-state index contributed by atoms with van der Waals surface area (Å²) in [5.41, 5.74) is 2.53. The summed E-state index contributed by atoms with van der Waals surface area (Å²) in [5, 5.41) is 6.48. The zero-order chi connectivity index (χ0) is 17.1. The topological polar surface area (TPSA) is 42.0 Å². The summed E-state index contributed by atoms with van der Waals surface area (Å²) in [6.45, 7) is 0.585. The highest BCUT2D eigenvalue weighted by atomic mass is 16.1. The van der Waals surface area contributed by atoms with Gasteiger partial charge in [-0.1, -0.05) is 66.7 Å². The van der Waals surface area contributed by atoms with Gasteiger partial charge < -0.3 is 5.32 Å². The van der Waals surface area contributed by atoms with E-state index in [9.17, 15) is 4.79 Å². The second-order valence-electron chi connectivity index (χ2n) is 6.03. The number of hydrogen-bond acceptors (Lipinski definition) is 2. The lowest BCUT2D eigenvalue weighted by Crippen LogP contribution is -2.26. The fourth-order valence-electron chi connectivity index (χ4n) is 3.10. The van der Waals surface area contributed by atoms with Crippen molar-refractivity contribution in [2.45, 2.75) is 6.42 Å². The van der Waals surface area contributed by atoms with E-state index in [1.165, 1.54) is 16.3 Å². The third-order valence-corrected chi connectivity index (χ3v) is 4.39. The molecule has 0 saturated heterocycles. The second kappa shape index (κ2) is 6.73. The van der Waals surface area contributed by atoms with E-state index in [4.69, 9.17) is 0 Å². The number of fused-ring (bicyclic) bond motifs is 2. The Balaban J connectivity index is 1.46. The maximum absolute atomic E-state index is 12.4. The Labute approximate surface area is 146 Å². The first-order chi connectivity index (χ1) is 12.3. The van der Waals surface area contributed by atoms with Crippen molar-refractivity contribution in [1.29, 1.82) is 0 Å². The Morgan fingerprint density at radius 3 is 2.48 bits per heavy atom. The number of carbonyl (C=O) groups is 1. The molecule has 1 N–H and O–H groups in total. The number of rotatable bonds is 4. The van der Waals surface area contributed by atoms with E-state index in [2.05, 4.69) is 40.6 Å². The standard InChI is InChI=1S/C22H18N2O/c25-22(21-13-12-18-7-2-4-11-20(18)24-21)23-15-14-17-9-5-8-16-6-1-3-10-19(16)17/h1-13H,14-15H2,(H,23,25). The van der Waals surface area contributed by atoms with Crippen LogP contribution in [0.2, 0.25) is 0 Å². The van der Waals surface area contributed by atoms with E-state index >= 15 is 0 Å². The highest BCUT2D eigenvalue weighted by Crippen LogP contribution is 2.18. The number of aromatic nitrogens is 1. The number of carbonyl (C=O) groups excluding carboxylic acids is 1. The summed E-state index contributed by atoms with van der Waals surface area (Å²) in [7, 11) is 0. The summed E-state index contributed by atoms with van der Waals surface area (Å²) in [4.78, 5) is 16.8. The fourth-order valence-corrected chi connectivity index (χ4v) is 3.10. The molecule has 0 atom stereocenters. The van der Waals surface area contributed by atoms with Gasteiger partial charge in [0.15, 0.2) is 0 Å². The number of amides is 1. The van der Waals surface area contributed by atoms with Crippen LogP contribution in [0.1, 0.15) is 16.1 Å². The lowest BCUT2D eigenvalue weighted by Gasteiger charge is -2.08. The number of para-hydroxylation sites is 1. The minimum absolute atomic E-state index is 0.133. The molecule has 0 aliphatic heterocycles. The summed E-state index contributed by atoms with van der Waals surface area (Å²) >= 11 is 0. The van der Waals surface area contributed by atoms with Crippen molar-refractivity contribution in [2.24, 2.45) is 0 Å². The molecule has 0 unspecified atom stereocenters. The van der Waals surface area contributed by atoms with Crippen molar-refractivity contribution in [1.82, 2.24) is 10.3 Å². The maximum atomic E-state index is 12.4. The van der Waals surface area contributed by atoms with Crippen molar-refractivity contribution in [2.75, 3.05) is 6.54 Å². The van der Waals surface area contributed by atoms with E-state index in [-0.39, 0.29) is 5.91 Å². The predicted molar refractivity (Wildman–Crippen MR) is 102 cm³/mol. The Hall–Kier alpha value is -3.20. The molecule has 122 valence electrons. The molecule has 0 fully saturated rings. The average molecular weight is 326 g/mol. The smallest absolute Gasteiger partial charge is 0.269 e. The quantitative estimate of drug-likeness (QED) is 0.605. The Morgan fingerprint density at radius 2 is 1.56 bits per heavy atom. The number of nitrogens with zero attached hydrogens (tertiary/aromatic N) is 1. The molecule has 0 bridgehead atoms. The number of nitrogens with one attached hydrogen (secondary N) is 1. The van der Waals surface area contributed by atoms with E-state index in [0.29, 0.717) is 12.2 Å². The fraction of sp³-hybridized carbons (Fsp3) is 0.0909. The zero-order valence-corrected chi connectivity index (χ0v) is 13.8. The Bertz CT molecular complexity index is 1050. The van der Waals surface area contributed by atoms with Crippen LogP contribution < -0.4 is 5.32 Å². The summed E-state index contributed by atoms with van der Waals surface area (Å²) in [6.07, 6.45) is 0.792. The SMILES string of the molecule is O=C(NCCc1cccc2ccccc12)c1ccc2ccccc2n1. The van der Waals surface area contributed by atoms with Crippen LogP contribution in [0.4, 0.5) is 0 Å². The van der Waals surface area contributed by atoms with E-state index in [1.807, 2.05) is 42.5 Å². The van der Waals surface area contributed by atoms with Crippen LogP contribution in [0.5, 0.6) is 0 Å². The van der Waals surface area contributed by atoms with Crippen LogP contribution in [0.25, 0.3) is 21.7 Å². The third kappa shape index (κ3) is 3.22. The Kier molecular flexibility index (Phi) is 4.13. The molecule has 4 aromatic rings. The molecule has 0 radical (unpaired) electrons. The van der Waals surface area contributed by atoms with Crippen molar-refractivity contribution < 1.29 is 4.79 Å². The van der Waals surface area contributed by atoms with Crippen molar-refractivity contribution in [3.05, 3.63) is 90.1 Å². The van der Waals surface area contributed by atoms with Gasteiger partial charge in [-0.2, -0.15) is 0 Å². The second-order valence-corrected chi connectivity index (χ2v) is 6.03. The molecule has 0 spiro atoms. The largest absolute Gasteiger partial charge is 0.350 e. The molecule has 1 aromatic heterocycles. The minimum Gasteiger partial charge on any atom is -0.350 e. The molecule has 1 heterocycles. The highest BCUT2D eigenvalue weighted by Gasteiger charge is 2.08. The van der Waals surface area contributed by atoms with Crippen LogP contribution in [0.3, 0.4) is 0 Å². The van der Waals surface area contributed by atoms with Crippen LogP contribution >= 0.6 is 0 Å². The van der Waals surface area contributed by atoms with Gasteiger partial charge in [-0.15, -0.1) is 0 Å². The van der Waals surface area contributed by atoms with E-state index in [1.54, 1.807) is 6.07 Å². The molecule has 0 saturated carbocycles. The first-order valence-electron chi connectivity index (χ1n) is 8.42. The van der Waals surface area contributed by atoms with Crippen LogP contribution in [-0.2, 0) is 6.42 Å². The summed E-state index contributed by atoms with van der Waals surface area (Å²) in [6, 6.07) is 26.1. The number of pyridine rings is 1. The van der Waals surface area contributed by atoms with Crippen LogP contribution in [0, 0.1) is 0 Å².